The molecule has 4 rings (SSSR count). The van der Waals surface area contributed by atoms with E-state index in [4.69, 9.17) is 4.74 Å². The van der Waals surface area contributed by atoms with Crippen molar-refractivity contribution in [2.75, 3.05) is 23.3 Å². The first-order valence-corrected chi connectivity index (χ1v) is 9.96. The smallest absolute Gasteiger partial charge is 0.229 e. The summed E-state index contributed by atoms with van der Waals surface area (Å²) in [6.07, 6.45) is 6.79. The molecule has 1 aliphatic rings. The van der Waals surface area contributed by atoms with Gasteiger partial charge < -0.3 is 15.0 Å². The number of rotatable bonds is 6. The average molecular weight is 406 g/mol. The topological polar surface area (TPSA) is 67.3 Å². The Kier molecular flexibility index (Phi) is 6.17. The van der Waals surface area contributed by atoms with Gasteiger partial charge in [0.1, 0.15) is 24.0 Å². The third-order valence-electron chi connectivity index (χ3n) is 5.06. The molecular weight excluding hydrogens is 383 g/mol. The SMILES string of the molecule is O=C(Nc1cccc(COc2cccc(F)c2)c1)C1CCCN(c2cnccn2)C1. The van der Waals surface area contributed by atoms with Crippen molar-refractivity contribution in [3.8, 4) is 5.75 Å². The van der Waals surface area contributed by atoms with Gasteiger partial charge in [-0.05, 0) is 42.7 Å². The molecule has 0 radical (unpaired) electrons. The molecule has 3 aromatic rings. The fourth-order valence-electron chi connectivity index (χ4n) is 3.56. The van der Waals surface area contributed by atoms with Crippen molar-refractivity contribution in [3.05, 3.63) is 78.5 Å². The van der Waals surface area contributed by atoms with Crippen molar-refractivity contribution in [1.29, 1.82) is 0 Å². The second-order valence-electron chi connectivity index (χ2n) is 7.28. The fourth-order valence-corrected chi connectivity index (χ4v) is 3.56. The summed E-state index contributed by atoms with van der Waals surface area (Å²) in [7, 11) is 0. The minimum Gasteiger partial charge on any atom is -0.489 e. The van der Waals surface area contributed by atoms with Crippen molar-refractivity contribution < 1.29 is 13.9 Å². The van der Waals surface area contributed by atoms with E-state index in [1.54, 1.807) is 30.7 Å². The van der Waals surface area contributed by atoms with Gasteiger partial charge in [0.15, 0.2) is 0 Å². The number of nitrogens with zero attached hydrogens (tertiary/aromatic N) is 3. The Morgan fingerprint density at radius 3 is 2.93 bits per heavy atom. The summed E-state index contributed by atoms with van der Waals surface area (Å²) in [4.78, 5) is 23.4. The second-order valence-corrected chi connectivity index (χ2v) is 7.28. The Hall–Kier alpha value is -3.48. The van der Waals surface area contributed by atoms with E-state index in [0.29, 0.717) is 12.3 Å². The highest BCUT2D eigenvalue weighted by molar-refractivity contribution is 5.93. The Balaban J connectivity index is 1.35. The van der Waals surface area contributed by atoms with E-state index in [-0.39, 0.29) is 24.2 Å². The summed E-state index contributed by atoms with van der Waals surface area (Å²) in [6, 6.07) is 13.5. The monoisotopic (exact) mass is 406 g/mol. The largest absolute Gasteiger partial charge is 0.489 e. The first-order valence-electron chi connectivity index (χ1n) is 9.96. The van der Waals surface area contributed by atoms with Crippen molar-refractivity contribution in [3.63, 3.8) is 0 Å². The van der Waals surface area contributed by atoms with E-state index in [1.807, 2.05) is 24.3 Å². The molecule has 1 unspecified atom stereocenters. The predicted molar refractivity (Wildman–Crippen MR) is 113 cm³/mol. The Labute approximate surface area is 174 Å². The molecule has 1 atom stereocenters. The molecule has 1 aromatic heterocycles. The molecule has 2 aromatic carbocycles. The third kappa shape index (κ3) is 5.11. The highest BCUT2D eigenvalue weighted by atomic mass is 19.1. The first-order chi connectivity index (χ1) is 14.7. The molecule has 1 aliphatic heterocycles. The predicted octanol–water partition coefficient (Wildman–Crippen LogP) is 4.05. The summed E-state index contributed by atoms with van der Waals surface area (Å²) in [5.74, 6) is 0.804. The van der Waals surface area contributed by atoms with Crippen LogP contribution in [0.2, 0.25) is 0 Å². The standard InChI is InChI=1S/C23H23FN4O2/c24-19-6-2-8-21(13-19)30-16-17-4-1-7-20(12-17)27-23(29)18-5-3-11-28(15-18)22-14-25-9-10-26-22/h1-2,4,6-10,12-14,18H,3,5,11,15-16H2,(H,27,29). The van der Waals surface area contributed by atoms with Crippen LogP contribution >= 0.6 is 0 Å². The highest BCUT2D eigenvalue weighted by Crippen LogP contribution is 2.23. The molecule has 1 saturated heterocycles. The molecule has 1 N–H and O–H groups in total. The molecule has 2 heterocycles. The number of piperidine rings is 1. The van der Waals surface area contributed by atoms with Crippen LogP contribution in [-0.4, -0.2) is 29.0 Å². The van der Waals surface area contributed by atoms with Crippen LogP contribution in [0.15, 0.2) is 67.1 Å². The van der Waals surface area contributed by atoms with E-state index in [1.165, 1.54) is 12.1 Å². The second kappa shape index (κ2) is 9.35. The van der Waals surface area contributed by atoms with Crippen LogP contribution in [0.4, 0.5) is 15.9 Å². The summed E-state index contributed by atoms with van der Waals surface area (Å²) in [5.41, 5.74) is 1.61. The van der Waals surface area contributed by atoms with Gasteiger partial charge in [-0.2, -0.15) is 0 Å². The maximum Gasteiger partial charge on any atom is 0.229 e. The Morgan fingerprint density at radius 1 is 1.20 bits per heavy atom. The molecular formula is C23H23FN4O2. The minimum atomic E-state index is -0.337. The normalized spacial score (nSPS) is 16.2. The van der Waals surface area contributed by atoms with Crippen molar-refractivity contribution in [1.82, 2.24) is 9.97 Å². The average Bonchev–Trinajstić information content (AvgIpc) is 2.79. The fraction of sp³-hybridized carbons (Fsp3) is 0.261. The van der Waals surface area contributed by atoms with E-state index >= 15 is 0 Å². The van der Waals surface area contributed by atoms with E-state index in [0.717, 1.165) is 36.5 Å². The number of halogens is 1. The molecule has 6 nitrogen and oxygen atoms in total. The first kappa shape index (κ1) is 19.8. The number of amides is 1. The number of aromatic nitrogens is 2. The number of carbonyl (C=O) groups is 1. The van der Waals surface area contributed by atoms with E-state index < -0.39 is 0 Å². The van der Waals surface area contributed by atoms with E-state index in [2.05, 4.69) is 20.2 Å². The number of nitrogens with one attached hydrogen (secondary N) is 1. The summed E-state index contributed by atoms with van der Waals surface area (Å²) in [6.45, 7) is 1.78. The number of hydrogen-bond acceptors (Lipinski definition) is 5. The molecule has 154 valence electrons. The van der Waals surface area contributed by atoms with Gasteiger partial charge in [-0.1, -0.05) is 18.2 Å². The molecule has 1 amide bonds. The van der Waals surface area contributed by atoms with Gasteiger partial charge in [0.2, 0.25) is 5.91 Å². The molecule has 7 heteroatoms. The van der Waals surface area contributed by atoms with Crippen LogP contribution in [0.25, 0.3) is 0 Å². The minimum absolute atomic E-state index is 0.00760. The molecule has 0 spiro atoms. The van der Waals surface area contributed by atoms with Crippen LogP contribution in [0, 0.1) is 11.7 Å². The lowest BCUT2D eigenvalue weighted by Crippen LogP contribution is -2.41. The molecule has 0 saturated carbocycles. The van der Waals surface area contributed by atoms with Crippen LogP contribution in [0.1, 0.15) is 18.4 Å². The van der Waals surface area contributed by atoms with Crippen molar-refractivity contribution in [2.24, 2.45) is 5.92 Å². The van der Waals surface area contributed by atoms with E-state index in [9.17, 15) is 9.18 Å². The molecule has 0 bridgehead atoms. The van der Waals surface area contributed by atoms with Gasteiger partial charge in [0.25, 0.3) is 0 Å². The van der Waals surface area contributed by atoms with Crippen LogP contribution in [-0.2, 0) is 11.4 Å². The number of ether oxygens (including phenoxy) is 1. The zero-order chi connectivity index (χ0) is 20.8. The number of anilines is 2. The maximum absolute atomic E-state index is 13.3. The lowest BCUT2D eigenvalue weighted by Gasteiger charge is -2.32. The molecule has 0 aliphatic carbocycles. The molecule has 30 heavy (non-hydrogen) atoms. The lowest BCUT2D eigenvalue weighted by molar-refractivity contribution is -0.120. The van der Waals surface area contributed by atoms with Gasteiger partial charge in [0.05, 0.1) is 12.1 Å². The highest BCUT2D eigenvalue weighted by Gasteiger charge is 2.26. The summed E-state index contributed by atoms with van der Waals surface area (Å²) in [5, 5.41) is 3.01. The van der Waals surface area contributed by atoms with Crippen molar-refractivity contribution in [2.45, 2.75) is 19.4 Å². The zero-order valence-electron chi connectivity index (χ0n) is 16.5. The summed E-state index contributed by atoms with van der Waals surface area (Å²) >= 11 is 0. The lowest BCUT2D eigenvalue weighted by atomic mass is 9.97. The maximum atomic E-state index is 13.3. The van der Waals surface area contributed by atoms with Crippen LogP contribution in [0.5, 0.6) is 5.75 Å². The number of hydrogen-bond donors (Lipinski definition) is 1. The Bertz CT molecular complexity index is 999. The summed E-state index contributed by atoms with van der Waals surface area (Å²) < 4.78 is 18.9. The van der Waals surface area contributed by atoms with Gasteiger partial charge >= 0.3 is 0 Å². The molecule has 1 fully saturated rings. The van der Waals surface area contributed by atoms with Crippen LogP contribution < -0.4 is 15.0 Å². The zero-order valence-corrected chi connectivity index (χ0v) is 16.5. The van der Waals surface area contributed by atoms with Gasteiger partial charge in [0, 0.05) is 37.2 Å². The Morgan fingerprint density at radius 2 is 2.10 bits per heavy atom. The van der Waals surface area contributed by atoms with Crippen molar-refractivity contribution >= 4 is 17.4 Å². The quantitative estimate of drug-likeness (QED) is 0.669. The van der Waals surface area contributed by atoms with Crippen LogP contribution in [0.3, 0.4) is 0 Å². The van der Waals surface area contributed by atoms with Gasteiger partial charge in [-0.15, -0.1) is 0 Å². The number of carbonyl (C=O) groups excluding carboxylic acids is 1. The van der Waals surface area contributed by atoms with Gasteiger partial charge in [-0.25, -0.2) is 9.37 Å². The number of benzene rings is 2. The third-order valence-corrected chi connectivity index (χ3v) is 5.06. The van der Waals surface area contributed by atoms with Gasteiger partial charge in [-0.3, -0.25) is 9.78 Å².